The molecule has 1 aliphatic heterocycles. The summed E-state index contributed by atoms with van der Waals surface area (Å²) in [4.78, 5) is 109. The lowest BCUT2D eigenvalue weighted by molar-refractivity contribution is -0.140. The molecule has 5 rings (SSSR count). The minimum absolute atomic E-state index is 0.107. The maximum atomic E-state index is 14.0. The highest BCUT2D eigenvalue weighted by molar-refractivity contribution is 5.94. The Labute approximate surface area is 357 Å². The number of carbonyl (C=O) groups excluding carboxylic acids is 5. The van der Waals surface area contributed by atoms with Crippen molar-refractivity contribution in [3.8, 4) is 5.75 Å². The summed E-state index contributed by atoms with van der Waals surface area (Å²) >= 11 is 0. The number of carbonyl (C=O) groups is 6. The van der Waals surface area contributed by atoms with E-state index in [1.54, 1.807) is 36.5 Å². The normalized spacial score (nSPS) is 18.8. The van der Waals surface area contributed by atoms with Crippen LogP contribution in [0.15, 0.2) is 88.5 Å². The molecule has 3 heterocycles. The van der Waals surface area contributed by atoms with Crippen molar-refractivity contribution in [3.63, 3.8) is 0 Å². The number of aromatic amines is 2. The highest BCUT2D eigenvalue weighted by Crippen LogP contribution is 2.30. The predicted molar refractivity (Wildman–Crippen MR) is 221 cm³/mol. The second-order valence-corrected chi connectivity index (χ2v) is 14.7. The number of hydrogen-bond donors (Lipinski definition) is 12. The van der Waals surface area contributed by atoms with E-state index in [0.29, 0.717) is 11.1 Å². The Balaban J connectivity index is 1.35. The number of aliphatic hydroxyl groups is 2. The number of nitrogens with one attached hydrogen (secondary N) is 7. The Kier molecular flexibility index (Phi) is 15.1. The molecule has 0 unspecified atom stereocenters. The number of hydrogen-bond acceptors (Lipinski definition) is 13. The van der Waals surface area contributed by atoms with Crippen molar-refractivity contribution in [2.75, 3.05) is 13.6 Å². The SMILES string of the molecule is C[C@H](NC(=O)N[C@@H](Cc1c[nH]c2ccccc12)C(=O)O)C(=O)N[C@@H](C(=O)N/C=C1\O[C@@H](n2ccc(=O)[nH]c2=O)[C@H](O)[C@@H]1O)[C@H](C)N(C)C(=O)[C@H](Cc1cccc(O)c1)NC(=O)CN. The van der Waals surface area contributed by atoms with Crippen molar-refractivity contribution in [1.29, 1.82) is 0 Å². The Morgan fingerprint density at radius 1 is 0.937 bits per heavy atom. The average molecular weight is 877 g/mol. The molecule has 0 bridgehead atoms. The van der Waals surface area contributed by atoms with Crippen molar-refractivity contribution in [2.24, 2.45) is 5.73 Å². The topological polar surface area (TPSA) is 353 Å². The molecule has 1 aliphatic rings. The van der Waals surface area contributed by atoms with Crippen LogP contribution in [-0.2, 0) is 41.6 Å². The third-order valence-electron chi connectivity index (χ3n) is 10.3. The maximum absolute atomic E-state index is 14.0. The number of phenolic OH excluding ortho intramolecular Hbond substituents is 1. The van der Waals surface area contributed by atoms with E-state index < -0.39 is 108 Å². The maximum Gasteiger partial charge on any atom is 0.331 e. The van der Waals surface area contributed by atoms with Gasteiger partial charge in [-0.05, 0) is 43.2 Å². The van der Waals surface area contributed by atoms with E-state index in [9.17, 15) is 58.8 Å². The Hall–Kier alpha value is -7.50. The molecule has 336 valence electrons. The molecule has 1 fully saturated rings. The third-order valence-corrected chi connectivity index (χ3v) is 10.3. The quantitative estimate of drug-likeness (QED) is 0.0515. The molecule has 0 saturated carbocycles. The number of aliphatic carboxylic acids is 1. The molecule has 0 radical (unpaired) electrons. The molecular formula is C40H48N10O13. The van der Waals surface area contributed by atoms with Gasteiger partial charge in [-0.2, -0.15) is 0 Å². The van der Waals surface area contributed by atoms with Crippen molar-refractivity contribution in [3.05, 3.63) is 111 Å². The molecule has 6 amide bonds. The van der Waals surface area contributed by atoms with Crippen LogP contribution in [0.5, 0.6) is 5.75 Å². The van der Waals surface area contributed by atoms with Crippen LogP contribution >= 0.6 is 0 Å². The molecule has 63 heavy (non-hydrogen) atoms. The van der Waals surface area contributed by atoms with Crippen LogP contribution in [-0.4, -0.2) is 131 Å². The number of aliphatic hydroxyl groups excluding tert-OH is 2. The number of rotatable bonds is 17. The number of nitrogens with two attached hydrogens (primary N) is 1. The fourth-order valence-corrected chi connectivity index (χ4v) is 6.71. The summed E-state index contributed by atoms with van der Waals surface area (Å²) in [7, 11) is 1.28. The lowest BCUT2D eigenvalue weighted by atomic mass is 10.0. The second kappa shape index (κ2) is 20.4. The van der Waals surface area contributed by atoms with Crippen LogP contribution in [0.3, 0.4) is 0 Å². The molecule has 4 aromatic rings. The van der Waals surface area contributed by atoms with Gasteiger partial charge in [0.25, 0.3) is 5.56 Å². The summed E-state index contributed by atoms with van der Waals surface area (Å²) in [5, 5.41) is 54.0. The number of H-pyrrole nitrogens is 2. The molecule has 2 aromatic heterocycles. The first-order valence-electron chi connectivity index (χ1n) is 19.4. The van der Waals surface area contributed by atoms with Crippen LogP contribution in [0.1, 0.15) is 31.2 Å². The lowest BCUT2D eigenvalue weighted by Gasteiger charge is -2.34. The monoisotopic (exact) mass is 876 g/mol. The minimum Gasteiger partial charge on any atom is -0.508 e. The number of carboxylic acids is 1. The number of urea groups is 1. The largest absolute Gasteiger partial charge is 0.508 e. The smallest absolute Gasteiger partial charge is 0.331 e. The summed E-state index contributed by atoms with van der Waals surface area (Å²) < 4.78 is 6.35. The van der Waals surface area contributed by atoms with Gasteiger partial charge in [0.15, 0.2) is 0 Å². The number of aromatic hydroxyl groups is 1. The number of aromatic nitrogens is 3. The zero-order chi connectivity index (χ0) is 46.1. The zero-order valence-electron chi connectivity index (χ0n) is 34.1. The van der Waals surface area contributed by atoms with Crippen LogP contribution in [0.25, 0.3) is 10.9 Å². The molecule has 0 spiro atoms. The van der Waals surface area contributed by atoms with Crippen LogP contribution in [0, 0.1) is 0 Å². The second-order valence-electron chi connectivity index (χ2n) is 14.7. The number of nitrogens with zero attached hydrogens (tertiary/aromatic N) is 2. The van der Waals surface area contributed by atoms with Crippen molar-refractivity contribution in [2.45, 2.75) is 75.3 Å². The van der Waals surface area contributed by atoms with E-state index in [0.717, 1.165) is 38.8 Å². The van der Waals surface area contributed by atoms with E-state index in [4.69, 9.17) is 10.5 Å². The van der Waals surface area contributed by atoms with E-state index in [1.807, 2.05) is 4.98 Å². The zero-order valence-corrected chi connectivity index (χ0v) is 34.1. The van der Waals surface area contributed by atoms with Gasteiger partial charge in [-0.25, -0.2) is 14.4 Å². The number of phenols is 1. The molecule has 23 nitrogen and oxygen atoms in total. The number of amides is 6. The lowest BCUT2D eigenvalue weighted by Crippen LogP contribution is -2.62. The van der Waals surface area contributed by atoms with E-state index in [2.05, 4.69) is 31.6 Å². The van der Waals surface area contributed by atoms with Gasteiger partial charge in [0.2, 0.25) is 29.9 Å². The van der Waals surface area contributed by atoms with E-state index in [1.165, 1.54) is 39.1 Å². The molecule has 0 aliphatic carbocycles. The van der Waals surface area contributed by atoms with Crippen LogP contribution in [0.4, 0.5) is 4.79 Å². The van der Waals surface area contributed by atoms with Gasteiger partial charge in [0, 0.05) is 55.5 Å². The fourth-order valence-electron chi connectivity index (χ4n) is 6.71. The molecule has 13 N–H and O–H groups in total. The van der Waals surface area contributed by atoms with E-state index in [-0.39, 0.29) is 18.6 Å². The summed E-state index contributed by atoms with van der Waals surface area (Å²) in [6.45, 7) is 2.15. The van der Waals surface area contributed by atoms with Gasteiger partial charge < -0.3 is 67.4 Å². The summed E-state index contributed by atoms with van der Waals surface area (Å²) in [6.07, 6.45) is -1.86. The van der Waals surface area contributed by atoms with Gasteiger partial charge in [0.05, 0.1) is 12.6 Å². The molecule has 2 aromatic carbocycles. The molecule has 8 atom stereocenters. The Morgan fingerprint density at radius 2 is 1.67 bits per heavy atom. The summed E-state index contributed by atoms with van der Waals surface area (Å²) in [6, 6.07) is 5.92. The minimum atomic E-state index is -1.80. The number of likely N-dealkylation sites (N-methyl/N-ethyl adjacent to an activating group) is 1. The van der Waals surface area contributed by atoms with Crippen molar-refractivity contribution < 1.29 is 53.9 Å². The number of benzene rings is 2. The molecular weight excluding hydrogens is 828 g/mol. The number of para-hydroxylation sites is 1. The van der Waals surface area contributed by atoms with Crippen LogP contribution < -0.4 is 43.6 Å². The molecule has 23 heteroatoms. The van der Waals surface area contributed by atoms with Crippen molar-refractivity contribution >= 4 is 46.5 Å². The van der Waals surface area contributed by atoms with Crippen LogP contribution in [0.2, 0.25) is 0 Å². The van der Waals surface area contributed by atoms with Gasteiger partial charge in [-0.15, -0.1) is 0 Å². The third kappa shape index (κ3) is 11.5. The summed E-state index contributed by atoms with van der Waals surface area (Å²) in [5.74, 6) is -5.38. The highest BCUT2D eigenvalue weighted by atomic mass is 16.6. The Bertz CT molecular complexity index is 2500. The predicted octanol–water partition coefficient (Wildman–Crippen LogP) is -2.67. The van der Waals surface area contributed by atoms with Gasteiger partial charge in [0.1, 0.15) is 47.9 Å². The molecule has 1 saturated heterocycles. The van der Waals surface area contributed by atoms with Gasteiger partial charge >= 0.3 is 17.7 Å². The standard InChI is InChI=1S/C40H48N10O13/c1-19(44-39(61)46-27(38(59)60)15-22-17-42-25-10-5-4-9-24(22)25)34(56)48-31(20(2)49(3)36(58)26(45-30(53)16-41)14-21-7-6-8-23(51)13-21)35(57)43-18-28-32(54)33(55)37(63-28)50-12-11-29(52)47-40(50)62/h4-13,17-20,26-27,31-33,37,42,51,54-55H,14-16,41H2,1-3H3,(H,43,57)(H,45,53)(H,48,56)(H,59,60)(H2,44,46,61)(H,47,52,62)/b28-18-/t19-,20-,26-,27-,31+,32+,33+,37+/m0/s1. The first-order valence-corrected chi connectivity index (χ1v) is 19.4. The summed E-state index contributed by atoms with van der Waals surface area (Å²) in [5.41, 5.74) is 5.62. The van der Waals surface area contributed by atoms with Crippen molar-refractivity contribution in [1.82, 2.24) is 46.0 Å². The number of ether oxygens (including phenoxy) is 1. The van der Waals surface area contributed by atoms with Gasteiger partial charge in [-0.3, -0.25) is 33.5 Å². The average Bonchev–Trinajstić information content (AvgIpc) is 3.78. The Morgan fingerprint density at radius 3 is 2.35 bits per heavy atom. The first kappa shape index (κ1) is 46.6. The van der Waals surface area contributed by atoms with Gasteiger partial charge in [-0.1, -0.05) is 30.3 Å². The van der Waals surface area contributed by atoms with E-state index >= 15 is 0 Å². The number of carboxylic acid groups (broad SMARTS) is 1. The fraction of sp³-hybridized carbons (Fsp3) is 0.350. The highest BCUT2D eigenvalue weighted by Gasteiger charge is 2.42. The first-order chi connectivity index (χ1) is 29.9. The number of fused-ring (bicyclic) bond motifs is 1.